The highest BCUT2D eigenvalue weighted by molar-refractivity contribution is 5.51. The summed E-state index contributed by atoms with van der Waals surface area (Å²) < 4.78 is 5.66. The molecule has 1 heterocycles. The highest BCUT2D eigenvalue weighted by Gasteiger charge is 2.02. The molecule has 0 aliphatic heterocycles. The van der Waals surface area contributed by atoms with E-state index in [1.54, 1.807) is 6.20 Å². The molecule has 100 valence electrons. The Balaban J connectivity index is 1.75. The summed E-state index contributed by atoms with van der Waals surface area (Å²) >= 11 is 0. The van der Waals surface area contributed by atoms with Crippen molar-refractivity contribution in [2.75, 3.05) is 25.9 Å². The van der Waals surface area contributed by atoms with Crippen LogP contribution in [0.5, 0.6) is 5.75 Å². The van der Waals surface area contributed by atoms with Gasteiger partial charge in [0, 0.05) is 25.5 Å². The van der Waals surface area contributed by atoms with Crippen molar-refractivity contribution in [3.05, 3.63) is 54.4 Å². The first-order chi connectivity index (χ1) is 9.25. The molecule has 0 unspecified atom stereocenters. The fourth-order valence-corrected chi connectivity index (χ4v) is 1.81. The molecular weight excluding hydrogens is 238 g/mol. The molecule has 0 fully saturated rings. The Kier molecular flexibility index (Phi) is 4.75. The van der Waals surface area contributed by atoms with E-state index in [2.05, 4.69) is 23.0 Å². The van der Waals surface area contributed by atoms with Gasteiger partial charge in [0.15, 0.2) is 0 Å². The summed E-state index contributed by atoms with van der Waals surface area (Å²) in [5, 5.41) is 0. The molecule has 4 heteroatoms. The second kappa shape index (κ2) is 6.75. The number of hydrogen-bond acceptors (Lipinski definition) is 4. The van der Waals surface area contributed by atoms with Gasteiger partial charge in [0.25, 0.3) is 0 Å². The zero-order valence-electron chi connectivity index (χ0n) is 11.1. The first kappa shape index (κ1) is 13.4. The van der Waals surface area contributed by atoms with Gasteiger partial charge in [-0.2, -0.15) is 0 Å². The monoisotopic (exact) mass is 257 g/mol. The number of pyridine rings is 1. The first-order valence-corrected chi connectivity index (χ1v) is 6.30. The van der Waals surface area contributed by atoms with Crippen molar-refractivity contribution in [3.8, 4) is 5.75 Å². The summed E-state index contributed by atoms with van der Waals surface area (Å²) in [5.41, 5.74) is 7.69. The zero-order valence-corrected chi connectivity index (χ0v) is 11.1. The smallest absolute Gasteiger partial charge is 0.142 e. The zero-order chi connectivity index (χ0) is 13.5. The first-order valence-electron chi connectivity index (χ1n) is 6.30. The molecule has 0 saturated carbocycles. The highest BCUT2D eigenvalue weighted by Crippen LogP contribution is 2.19. The van der Waals surface area contributed by atoms with Crippen LogP contribution in [0, 0.1) is 0 Å². The van der Waals surface area contributed by atoms with Gasteiger partial charge in [0.2, 0.25) is 0 Å². The van der Waals surface area contributed by atoms with Crippen LogP contribution in [0.1, 0.15) is 5.56 Å². The third kappa shape index (κ3) is 4.26. The van der Waals surface area contributed by atoms with Gasteiger partial charge in [-0.25, -0.2) is 0 Å². The Morgan fingerprint density at radius 3 is 2.79 bits per heavy atom. The van der Waals surface area contributed by atoms with Gasteiger partial charge >= 0.3 is 0 Å². The van der Waals surface area contributed by atoms with E-state index in [0.717, 1.165) is 18.8 Å². The molecular formula is C15H19N3O. The molecule has 1 aromatic carbocycles. The lowest BCUT2D eigenvalue weighted by molar-refractivity contribution is 0.233. The van der Waals surface area contributed by atoms with E-state index in [0.29, 0.717) is 12.3 Å². The number of para-hydroxylation sites is 2. The van der Waals surface area contributed by atoms with Gasteiger partial charge in [-0.05, 0) is 30.8 Å². The number of nitrogen functional groups attached to an aromatic ring is 1. The molecule has 0 amide bonds. The van der Waals surface area contributed by atoms with Crippen molar-refractivity contribution in [1.29, 1.82) is 0 Å². The van der Waals surface area contributed by atoms with Crippen LogP contribution in [-0.2, 0) is 6.54 Å². The Morgan fingerprint density at radius 2 is 2.05 bits per heavy atom. The predicted octanol–water partition coefficient (Wildman–Crippen LogP) is 2.17. The van der Waals surface area contributed by atoms with Gasteiger partial charge in [-0.3, -0.25) is 9.88 Å². The lowest BCUT2D eigenvalue weighted by atomic mass is 10.3. The minimum atomic E-state index is 0.616. The molecule has 2 rings (SSSR count). The quantitative estimate of drug-likeness (QED) is 0.806. The van der Waals surface area contributed by atoms with Gasteiger partial charge in [-0.15, -0.1) is 0 Å². The van der Waals surface area contributed by atoms with E-state index in [1.807, 2.05) is 36.5 Å². The van der Waals surface area contributed by atoms with E-state index >= 15 is 0 Å². The van der Waals surface area contributed by atoms with Crippen LogP contribution in [0.3, 0.4) is 0 Å². The Bertz CT molecular complexity index is 502. The van der Waals surface area contributed by atoms with Crippen LogP contribution in [0.2, 0.25) is 0 Å². The third-order valence-corrected chi connectivity index (χ3v) is 2.82. The van der Waals surface area contributed by atoms with Crippen molar-refractivity contribution >= 4 is 5.69 Å². The Morgan fingerprint density at radius 1 is 1.21 bits per heavy atom. The topological polar surface area (TPSA) is 51.4 Å². The largest absolute Gasteiger partial charge is 0.490 e. The molecule has 4 nitrogen and oxygen atoms in total. The molecule has 0 bridgehead atoms. The van der Waals surface area contributed by atoms with Crippen molar-refractivity contribution < 1.29 is 4.74 Å². The van der Waals surface area contributed by atoms with Crippen molar-refractivity contribution in [1.82, 2.24) is 9.88 Å². The maximum absolute atomic E-state index is 5.81. The van der Waals surface area contributed by atoms with Crippen molar-refractivity contribution in [3.63, 3.8) is 0 Å². The average Bonchev–Trinajstić information content (AvgIpc) is 2.42. The fraction of sp³-hybridized carbons (Fsp3) is 0.267. The second-order valence-electron chi connectivity index (χ2n) is 4.49. The molecule has 0 atom stereocenters. The molecule has 0 aliphatic carbocycles. The van der Waals surface area contributed by atoms with E-state index in [1.165, 1.54) is 5.56 Å². The number of rotatable bonds is 6. The third-order valence-electron chi connectivity index (χ3n) is 2.82. The summed E-state index contributed by atoms with van der Waals surface area (Å²) in [5.74, 6) is 0.747. The molecule has 0 radical (unpaired) electrons. The summed E-state index contributed by atoms with van der Waals surface area (Å²) in [7, 11) is 2.06. The number of hydrogen-bond donors (Lipinski definition) is 1. The average molecular weight is 257 g/mol. The van der Waals surface area contributed by atoms with Crippen LogP contribution in [0.15, 0.2) is 48.8 Å². The number of nitrogens with zero attached hydrogens (tertiary/aromatic N) is 2. The molecule has 0 saturated heterocycles. The van der Waals surface area contributed by atoms with Gasteiger partial charge in [-0.1, -0.05) is 18.2 Å². The van der Waals surface area contributed by atoms with Gasteiger partial charge < -0.3 is 10.5 Å². The highest BCUT2D eigenvalue weighted by atomic mass is 16.5. The number of likely N-dealkylation sites (N-methyl/N-ethyl adjacent to an activating group) is 1. The lowest BCUT2D eigenvalue weighted by Crippen LogP contribution is -2.24. The summed E-state index contributed by atoms with van der Waals surface area (Å²) in [6, 6.07) is 11.6. The molecule has 19 heavy (non-hydrogen) atoms. The van der Waals surface area contributed by atoms with Crippen molar-refractivity contribution in [2.45, 2.75) is 6.54 Å². The standard InChI is InChI=1S/C15H19N3O/c1-18(12-13-5-4-8-17-11-13)9-10-19-15-7-3-2-6-14(15)16/h2-8,11H,9-10,12,16H2,1H3. The van der Waals surface area contributed by atoms with Gasteiger partial charge in [0.05, 0.1) is 5.69 Å². The summed E-state index contributed by atoms with van der Waals surface area (Å²) in [6.45, 7) is 2.32. The minimum Gasteiger partial charge on any atom is -0.490 e. The summed E-state index contributed by atoms with van der Waals surface area (Å²) in [4.78, 5) is 6.29. The number of benzene rings is 1. The predicted molar refractivity (Wildman–Crippen MR) is 76.9 cm³/mol. The van der Waals surface area contributed by atoms with Crippen LogP contribution >= 0.6 is 0 Å². The molecule has 1 aromatic heterocycles. The Labute approximate surface area is 113 Å². The number of nitrogens with two attached hydrogens (primary N) is 1. The number of aromatic nitrogens is 1. The normalized spacial score (nSPS) is 10.6. The Hall–Kier alpha value is -2.07. The van der Waals surface area contributed by atoms with Crippen molar-refractivity contribution in [2.24, 2.45) is 0 Å². The molecule has 0 spiro atoms. The van der Waals surface area contributed by atoms with E-state index < -0.39 is 0 Å². The molecule has 0 aliphatic rings. The maximum Gasteiger partial charge on any atom is 0.142 e. The number of anilines is 1. The maximum atomic E-state index is 5.81. The van der Waals surface area contributed by atoms with E-state index in [9.17, 15) is 0 Å². The number of ether oxygens (including phenoxy) is 1. The van der Waals surface area contributed by atoms with E-state index in [-0.39, 0.29) is 0 Å². The van der Waals surface area contributed by atoms with E-state index in [4.69, 9.17) is 10.5 Å². The van der Waals surface area contributed by atoms with Gasteiger partial charge in [0.1, 0.15) is 12.4 Å². The fourth-order valence-electron chi connectivity index (χ4n) is 1.81. The SMILES string of the molecule is CN(CCOc1ccccc1N)Cc1cccnc1. The molecule has 2 N–H and O–H groups in total. The van der Waals surface area contributed by atoms with Crippen LogP contribution in [-0.4, -0.2) is 30.1 Å². The van der Waals surface area contributed by atoms with Crippen LogP contribution < -0.4 is 10.5 Å². The summed E-state index contributed by atoms with van der Waals surface area (Å²) in [6.07, 6.45) is 3.66. The second-order valence-corrected chi connectivity index (χ2v) is 4.49. The van der Waals surface area contributed by atoms with Crippen LogP contribution in [0.4, 0.5) is 5.69 Å². The molecule has 2 aromatic rings. The minimum absolute atomic E-state index is 0.616. The van der Waals surface area contributed by atoms with Crippen LogP contribution in [0.25, 0.3) is 0 Å². The lowest BCUT2D eigenvalue weighted by Gasteiger charge is -2.17.